The Kier molecular flexibility index (Phi) is 6.98. The van der Waals surface area contributed by atoms with Crippen LogP contribution in [0.1, 0.15) is 24.2 Å². The van der Waals surface area contributed by atoms with Gasteiger partial charge in [0.15, 0.2) is 5.69 Å². The highest BCUT2D eigenvalue weighted by Gasteiger charge is 2.25. The number of halogens is 1. The molecule has 146 valence electrons. The van der Waals surface area contributed by atoms with Gasteiger partial charge in [0.05, 0.1) is 6.61 Å². The first kappa shape index (κ1) is 20.9. The van der Waals surface area contributed by atoms with E-state index in [1.165, 1.54) is 16.6 Å². The number of nitrogen functional groups attached to an aromatic ring is 1. The highest BCUT2D eigenvalue weighted by Crippen LogP contribution is 2.21. The fourth-order valence-electron chi connectivity index (χ4n) is 2.66. The third-order valence-electron chi connectivity index (χ3n) is 3.87. The van der Waals surface area contributed by atoms with Gasteiger partial charge < -0.3 is 10.5 Å². The largest absolute Gasteiger partial charge is 0.383 e. The number of nitrogens with two attached hydrogens (primary N) is 1. The predicted molar refractivity (Wildman–Crippen MR) is 108 cm³/mol. The molecule has 2 rings (SSSR count). The number of hydrogen-bond donors (Lipinski definition) is 2. The van der Waals surface area contributed by atoms with Crippen LogP contribution >= 0.6 is 15.9 Å². The molecule has 2 aromatic rings. The Labute approximate surface area is 165 Å². The zero-order valence-corrected chi connectivity index (χ0v) is 17.1. The number of methoxy groups -OCH3 is 1. The first-order valence-electron chi connectivity index (χ1n) is 8.45. The van der Waals surface area contributed by atoms with Crippen molar-refractivity contribution >= 4 is 33.3 Å². The fourth-order valence-corrected chi connectivity index (χ4v) is 3.06. The summed E-state index contributed by atoms with van der Waals surface area (Å²) in [5.41, 5.74) is 5.16. The van der Waals surface area contributed by atoms with Crippen LogP contribution in [0, 0.1) is 5.92 Å². The van der Waals surface area contributed by atoms with Crippen molar-refractivity contribution in [3.8, 4) is 0 Å². The van der Waals surface area contributed by atoms with Gasteiger partial charge in [0.2, 0.25) is 0 Å². The Bertz CT molecular complexity index is 936. The second-order valence-corrected chi connectivity index (χ2v) is 7.37. The molecule has 9 heteroatoms. The molecule has 27 heavy (non-hydrogen) atoms. The standard InChI is InChI=1S/C18H23BrN4O4/c1-11(2)10-23-15(20)14(16(24)21-18(23)26)22(7-8-27-3)17(25)12-5-4-6-13(19)9-12/h4-6,9,11H,7-8,10,20H2,1-3H3,(H,21,24,26). The SMILES string of the molecule is COCCN(C(=O)c1cccc(Br)c1)c1c(N)n(CC(C)C)c(=O)[nH]c1=O. The molecule has 3 N–H and O–H groups in total. The number of hydrogen-bond acceptors (Lipinski definition) is 5. The summed E-state index contributed by atoms with van der Waals surface area (Å²) in [4.78, 5) is 41.3. The first-order valence-corrected chi connectivity index (χ1v) is 9.24. The molecule has 0 fully saturated rings. The lowest BCUT2D eigenvalue weighted by Crippen LogP contribution is -2.42. The number of nitrogens with zero attached hydrogens (tertiary/aromatic N) is 2. The number of ether oxygens (including phenoxy) is 1. The maximum atomic E-state index is 13.1. The Balaban J connectivity index is 2.61. The molecule has 1 amide bonds. The highest BCUT2D eigenvalue weighted by molar-refractivity contribution is 9.10. The van der Waals surface area contributed by atoms with Crippen LogP contribution in [0.5, 0.6) is 0 Å². The number of H-pyrrole nitrogens is 1. The summed E-state index contributed by atoms with van der Waals surface area (Å²) >= 11 is 3.33. The molecule has 0 bridgehead atoms. The molecule has 1 aromatic carbocycles. The molecule has 0 unspecified atom stereocenters. The zero-order valence-electron chi connectivity index (χ0n) is 15.5. The van der Waals surface area contributed by atoms with E-state index in [0.29, 0.717) is 12.1 Å². The van der Waals surface area contributed by atoms with Crippen molar-refractivity contribution < 1.29 is 9.53 Å². The second kappa shape index (κ2) is 9.01. The van der Waals surface area contributed by atoms with Crippen LogP contribution in [-0.4, -0.2) is 35.7 Å². The smallest absolute Gasteiger partial charge is 0.330 e. The Morgan fingerprint density at radius 3 is 2.67 bits per heavy atom. The van der Waals surface area contributed by atoms with Crippen LogP contribution in [0.2, 0.25) is 0 Å². The number of benzene rings is 1. The van der Waals surface area contributed by atoms with Crippen LogP contribution in [-0.2, 0) is 11.3 Å². The molecule has 0 aliphatic carbocycles. The van der Waals surface area contributed by atoms with Gasteiger partial charge in [0, 0.05) is 30.2 Å². The maximum Gasteiger partial charge on any atom is 0.330 e. The van der Waals surface area contributed by atoms with Crippen LogP contribution in [0.15, 0.2) is 38.3 Å². The van der Waals surface area contributed by atoms with Gasteiger partial charge >= 0.3 is 5.69 Å². The maximum absolute atomic E-state index is 13.1. The van der Waals surface area contributed by atoms with Crippen molar-refractivity contribution in [2.24, 2.45) is 5.92 Å². The molecule has 0 aliphatic rings. The summed E-state index contributed by atoms with van der Waals surface area (Å²) in [5, 5.41) is 0. The lowest BCUT2D eigenvalue weighted by atomic mass is 10.2. The third-order valence-corrected chi connectivity index (χ3v) is 4.36. The van der Waals surface area contributed by atoms with Crippen molar-refractivity contribution in [1.82, 2.24) is 9.55 Å². The van der Waals surface area contributed by atoms with Gasteiger partial charge in [0.25, 0.3) is 11.5 Å². The quantitative estimate of drug-likeness (QED) is 0.684. The average molecular weight is 439 g/mol. The summed E-state index contributed by atoms with van der Waals surface area (Å²) in [6.45, 7) is 4.46. The summed E-state index contributed by atoms with van der Waals surface area (Å²) in [5.74, 6) is -0.339. The lowest BCUT2D eigenvalue weighted by molar-refractivity contribution is 0.0975. The molecular formula is C18H23BrN4O4. The molecule has 1 heterocycles. The number of aromatic nitrogens is 2. The minimum atomic E-state index is -0.711. The molecule has 0 aliphatic heterocycles. The van der Waals surface area contributed by atoms with E-state index in [0.717, 1.165) is 4.47 Å². The minimum absolute atomic E-state index is 0.0445. The van der Waals surface area contributed by atoms with E-state index >= 15 is 0 Å². The predicted octanol–water partition coefficient (Wildman–Crippen LogP) is 1.83. The summed E-state index contributed by atoms with van der Waals surface area (Å²) in [6, 6.07) is 6.80. The second-order valence-electron chi connectivity index (χ2n) is 6.46. The van der Waals surface area contributed by atoms with Crippen molar-refractivity contribution in [2.75, 3.05) is 30.9 Å². The van der Waals surface area contributed by atoms with Crippen LogP contribution in [0.3, 0.4) is 0 Å². The molecule has 0 saturated heterocycles. The third kappa shape index (κ3) is 4.86. The van der Waals surface area contributed by atoms with Gasteiger partial charge in [-0.25, -0.2) is 4.79 Å². The zero-order chi connectivity index (χ0) is 20.1. The molecule has 0 spiro atoms. The number of nitrogens with one attached hydrogen (secondary N) is 1. The highest BCUT2D eigenvalue weighted by atomic mass is 79.9. The van der Waals surface area contributed by atoms with Crippen LogP contribution in [0.25, 0.3) is 0 Å². The molecule has 0 radical (unpaired) electrons. The number of carbonyl (C=O) groups is 1. The first-order chi connectivity index (χ1) is 12.8. The topological polar surface area (TPSA) is 110 Å². The molecule has 1 aromatic heterocycles. The van der Waals surface area contributed by atoms with Crippen LogP contribution in [0.4, 0.5) is 11.5 Å². The number of amides is 1. The minimum Gasteiger partial charge on any atom is -0.383 e. The summed E-state index contributed by atoms with van der Waals surface area (Å²) < 4.78 is 7.08. The molecule has 0 atom stereocenters. The fraction of sp³-hybridized carbons (Fsp3) is 0.389. The number of aromatic amines is 1. The van der Waals surface area contributed by atoms with Gasteiger partial charge in [-0.3, -0.25) is 24.0 Å². The Hall–Kier alpha value is -2.39. The average Bonchev–Trinajstić information content (AvgIpc) is 2.60. The van der Waals surface area contributed by atoms with Gasteiger partial charge in [-0.1, -0.05) is 35.8 Å². The van der Waals surface area contributed by atoms with Gasteiger partial charge in [-0.2, -0.15) is 0 Å². The van der Waals surface area contributed by atoms with E-state index in [1.54, 1.807) is 24.3 Å². The van der Waals surface area contributed by atoms with Gasteiger partial charge in [0.1, 0.15) is 5.82 Å². The molecule has 0 saturated carbocycles. The summed E-state index contributed by atoms with van der Waals surface area (Å²) in [7, 11) is 1.50. The lowest BCUT2D eigenvalue weighted by Gasteiger charge is -2.24. The molecular weight excluding hydrogens is 416 g/mol. The summed E-state index contributed by atoms with van der Waals surface area (Å²) in [6.07, 6.45) is 0. The number of anilines is 2. The van der Waals surface area contributed by atoms with Crippen LogP contribution < -0.4 is 21.9 Å². The van der Waals surface area contributed by atoms with Crippen molar-refractivity contribution in [1.29, 1.82) is 0 Å². The van der Waals surface area contributed by atoms with Gasteiger partial charge in [-0.15, -0.1) is 0 Å². The molecule has 8 nitrogen and oxygen atoms in total. The Morgan fingerprint density at radius 1 is 1.37 bits per heavy atom. The van der Waals surface area contributed by atoms with E-state index in [-0.39, 0.29) is 30.6 Å². The van der Waals surface area contributed by atoms with Crippen molar-refractivity contribution in [3.63, 3.8) is 0 Å². The monoisotopic (exact) mass is 438 g/mol. The number of carbonyl (C=O) groups excluding carboxylic acids is 1. The van der Waals surface area contributed by atoms with Crippen molar-refractivity contribution in [3.05, 3.63) is 55.1 Å². The van der Waals surface area contributed by atoms with Crippen molar-refractivity contribution in [2.45, 2.75) is 20.4 Å². The van der Waals surface area contributed by atoms with E-state index < -0.39 is 17.2 Å². The van der Waals surface area contributed by atoms with E-state index in [1.807, 2.05) is 13.8 Å². The van der Waals surface area contributed by atoms with Gasteiger partial charge in [-0.05, 0) is 24.1 Å². The normalized spacial score (nSPS) is 11.0. The van der Waals surface area contributed by atoms with E-state index in [9.17, 15) is 14.4 Å². The Morgan fingerprint density at radius 2 is 2.07 bits per heavy atom. The van der Waals surface area contributed by atoms with E-state index in [2.05, 4.69) is 20.9 Å². The van der Waals surface area contributed by atoms with E-state index in [4.69, 9.17) is 10.5 Å². The number of rotatable bonds is 7.